The molecule has 2 aromatic heterocycles. The molecule has 1 aliphatic rings. The Morgan fingerprint density at radius 2 is 2.04 bits per heavy atom. The summed E-state index contributed by atoms with van der Waals surface area (Å²) in [7, 11) is 1.65. The number of hydrogen-bond donors (Lipinski definition) is 0. The molecule has 0 fully saturated rings. The molecule has 0 amide bonds. The number of fused-ring (bicyclic) bond motifs is 3. The summed E-state index contributed by atoms with van der Waals surface area (Å²) in [6, 6.07) is 10.2. The van der Waals surface area contributed by atoms with Crippen LogP contribution in [0, 0.1) is 0 Å². The van der Waals surface area contributed by atoms with E-state index in [-0.39, 0.29) is 5.78 Å². The van der Waals surface area contributed by atoms with Crippen molar-refractivity contribution < 1.29 is 13.9 Å². The van der Waals surface area contributed by atoms with E-state index < -0.39 is 0 Å². The summed E-state index contributed by atoms with van der Waals surface area (Å²) in [6.07, 6.45) is 5.92. The van der Waals surface area contributed by atoms with Gasteiger partial charge in [-0.1, -0.05) is 0 Å². The van der Waals surface area contributed by atoms with Crippen LogP contribution in [0.2, 0.25) is 0 Å². The highest BCUT2D eigenvalue weighted by molar-refractivity contribution is 7.18. The number of ether oxygens (including phenoxy) is 1. The number of rotatable bonds is 5. The summed E-state index contributed by atoms with van der Waals surface area (Å²) in [6.45, 7) is 0. The van der Waals surface area contributed by atoms with Gasteiger partial charge in [0.25, 0.3) is 0 Å². The van der Waals surface area contributed by atoms with Crippen LogP contribution in [0.15, 0.2) is 41.0 Å². The molecule has 27 heavy (non-hydrogen) atoms. The molecule has 0 bridgehead atoms. The molecule has 0 atom stereocenters. The van der Waals surface area contributed by atoms with Gasteiger partial charge in [0.2, 0.25) is 0 Å². The second-order valence-electron chi connectivity index (χ2n) is 7.07. The van der Waals surface area contributed by atoms with Crippen LogP contribution in [0.3, 0.4) is 0 Å². The Hall–Kier alpha value is -2.66. The van der Waals surface area contributed by atoms with Crippen molar-refractivity contribution in [2.24, 2.45) is 0 Å². The molecule has 5 heteroatoms. The predicted molar refractivity (Wildman–Crippen MR) is 107 cm³/mol. The summed E-state index contributed by atoms with van der Waals surface area (Å²) >= 11 is 1.55. The van der Waals surface area contributed by atoms with Crippen molar-refractivity contribution in [3.63, 3.8) is 0 Å². The van der Waals surface area contributed by atoms with Gasteiger partial charge in [0.05, 0.1) is 30.0 Å². The molecule has 5 rings (SSSR count). The average Bonchev–Trinajstić information content (AvgIpc) is 3.37. The summed E-state index contributed by atoms with van der Waals surface area (Å²) in [4.78, 5) is 17.2. The van der Waals surface area contributed by atoms with Gasteiger partial charge in [-0.2, -0.15) is 0 Å². The maximum absolute atomic E-state index is 12.7. The standard InChI is InChI=1S/C22H19NO3S/c1-25-17-5-6-19-21(11-17)27-22(23-19)10-16(24)7-15-12-26-20-9-14-4-2-3-13(14)8-18(15)20/h5-6,8-9,11-12H,2-4,7,10H2,1H3. The van der Waals surface area contributed by atoms with E-state index >= 15 is 0 Å². The lowest BCUT2D eigenvalue weighted by molar-refractivity contribution is -0.117. The number of aryl methyl sites for hydroxylation is 2. The minimum atomic E-state index is 0.157. The van der Waals surface area contributed by atoms with Crippen LogP contribution in [-0.2, 0) is 30.5 Å². The fourth-order valence-corrected chi connectivity index (χ4v) is 4.91. The number of Topliss-reactive ketones (excluding diaryl/α,β-unsaturated/α-hetero) is 1. The summed E-state index contributed by atoms with van der Waals surface area (Å²) in [5, 5.41) is 1.93. The third-order valence-electron chi connectivity index (χ3n) is 5.24. The number of carbonyl (C=O) groups is 1. The minimum absolute atomic E-state index is 0.157. The quantitative estimate of drug-likeness (QED) is 0.497. The monoisotopic (exact) mass is 377 g/mol. The molecule has 1 aliphatic carbocycles. The molecule has 0 saturated carbocycles. The highest BCUT2D eigenvalue weighted by Gasteiger charge is 2.17. The Morgan fingerprint density at radius 3 is 2.89 bits per heavy atom. The fourth-order valence-electron chi connectivity index (χ4n) is 3.88. The molecule has 2 heterocycles. The number of hydrogen-bond acceptors (Lipinski definition) is 5. The normalized spacial score (nSPS) is 13.4. The molecule has 0 spiro atoms. The van der Waals surface area contributed by atoms with Gasteiger partial charge in [-0.05, 0) is 60.7 Å². The largest absolute Gasteiger partial charge is 0.497 e. The Labute approximate surface area is 160 Å². The lowest BCUT2D eigenvalue weighted by atomic mass is 10.0. The first kappa shape index (κ1) is 16.5. The molecule has 4 aromatic rings. The predicted octanol–water partition coefficient (Wildman–Crippen LogP) is 4.89. The number of carbonyl (C=O) groups excluding carboxylic acids is 1. The maximum atomic E-state index is 12.7. The topological polar surface area (TPSA) is 52.3 Å². The van der Waals surface area contributed by atoms with Gasteiger partial charge < -0.3 is 9.15 Å². The molecular weight excluding hydrogens is 358 g/mol. The highest BCUT2D eigenvalue weighted by Crippen LogP contribution is 2.31. The first-order valence-corrected chi connectivity index (χ1v) is 9.98. The Kier molecular flexibility index (Phi) is 3.97. The van der Waals surface area contributed by atoms with Crippen LogP contribution in [-0.4, -0.2) is 17.9 Å². The summed E-state index contributed by atoms with van der Waals surface area (Å²) in [5.41, 5.74) is 5.57. The number of methoxy groups -OCH3 is 1. The fraction of sp³-hybridized carbons (Fsp3) is 0.273. The molecule has 0 aliphatic heterocycles. The van der Waals surface area contributed by atoms with Gasteiger partial charge in [-0.25, -0.2) is 4.98 Å². The maximum Gasteiger partial charge on any atom is 0.144 e. The zero-order chi connectivity index (χ0) is 18.4. The van der Waals surface area contributed by atoms with Gasteiger partial charge in [0.1, 0.15) is 22.1 Å². The second kappa shape index (κ2) is 6.50. The van der Waals surface area contributed by atoms with E-state index in [0.29, 0.717) is 12.8 Å². The third-order valence-corrected chi connectivity index (χ3v) is 6.26. The average molecular weight is 377 g/mol. The van der Waals surface area contributed by atoms with E-state index in [0.717, 1.165) is 50.3 Å². The Bertz CT molecular complexity index is 1170. The molecule has 2 aromatic carbocycles. The number of aromatic nitrogens is 1. The van der Waals surface area contributed by atoms with E-state index in [1.807, 2.05) is 18.2 Å². The van der Waals surface area contributed by atoms with Crippen molar-refractivity contribution in [1.82, 2.24) is 4.98 Å². The van der Waals surface area contributed by atoms with Gasteiger partial charge in [-0.3, -0.25) is 4.79 Å². The van der Waals surface area contributed by atoms with Crippen molar-refractivity contribution in [1.29, 1.82) is 0 Å². The third kappa shape index (κ3) is 3.02. The van der Waals surface area contributed by atoms with E-state index in [1.165, 1.54) is 17.5 Å². The molecule has 136 valence electrons. The van der Waals surface area contributed by atoms with E-state index in [9.17, 15) is 4.79 Å². The van der Waals surface area contributed by atoms with Crippen molar-refractivity contribution in [2.75, 3.05) is 7.11 Å². The van der Waals surface area contributed by atoms with Gasteiger partial charge in [0, 0.05) is 17.4 Å². The second-order valence-corrected chi connectivity index (χ2v) is 8.18. The van der Waals surface area contributed by atoms with Crippen LogP contribution in [0.25, 0.3) is 21.2 Å². The van der Waals surface area contributed by atoms with Gasteiger partial charge in [-0.15, -0.1) is 11.3 Å². The first-order valence-electron chi connectivity index (χ1n) is 9.16. The zero-order valence-electron chi connectivity index (χ0n) is 15.1. The number of nitrogens with zero attached hydrogens (tertiary/aromatic N) is 1. The van der Waals surface area contributed by atoms with Crippen LogP contribution >= 0.6 is 11.3 Å². The van der Waals surface area contributed by atoms with Crippen molar-refractivity contribution >= 4 is 38.3 Å². The van der Waals surface area contributed by atoms with E-state index in [2.05, 4.69) is 17.1 Å². The molecule has 0 saturated heterocycles. The van der Waals surface area contributed by atoms with Crippen molar-refractivity contribution in [2.45, 2.75) is 32.1 Å². The SMILES string of the molecule is COc1ccc2nc(CC(=O)Cc3coc4cc5c(cc34)CCC5)sc2c1. The Morgan fingerprint density at radius 1 is 1.19 bits per heavy atom. The van der Waals surface area contributed by atoms with Crippen LogP contribution < -0.4 is 4.74 Å². The van der Waals surface area contributed by atoms with E-state index in [4.69, 9.17) is 9.15 Å². The van der Waals surface area contributed by atoms with Crippen molar-refractivity contribution in [3.05, 3.63) is 58.3 Å². The molecule has 4 nitrogen and oxygen atoms in total. The first-order chi connectivity index (χ1) is 13.2. The van der Waals surface area contributed by atoms with Crippen LogP contribution in [0.5, 0.6) is 5.75 Å². The van der Waals surface area contributed by atoms with Crippen molar-refractivity contribution in [3.8, 4) is 5.75 Å². The van der Waals surface area contributed by atoms with Gasteiger partial charge >= 0.3 is 0 Å². The lowest BCUT2D eigenvalue weighted by Gasteiger charge is -2.01. The minimum Gasteiger partial charge on any atom is -0.497 e. The molecule has 0 N–H and O–H groups in total. The lowest BCUT2D eigenvalue weighted by Crippen LogP contribution is -2.06. The smallest absolute Gasteiger partial charge is 0.144 e. The number of thiazole rings is 1. The van der Waals surface area contributed by atoms with E-state index in [1.54, 1.807) is 24.7 Å². The summed E-state index contributed by atoms with van der Waals surface area (Å²) in [5.74, 6) is 0.964. The van der Waals surface area contributed by atoms with Crippen LogP contribution in [0.4, 0.5) is 0 Å². The molecule has 0 unspecified atom stereocenters. The Balaban J connectivity index is 1.37. The number of furan rings is 1. The van der Waals surface area contributed by atoms with Crippen LogP contribution in [0.1, 0.15) is 28.1 Å². The number of benzene rings is 2. The highest BCUT2D eigenvalue weighted by atomic mass is 32.1. The van der Waals surface area contributed by atoms with Gasteiger partial charge in [0.15, 0.2) is 0 Å². The molecular formula is C22H19NO3S. The molecule has 0 radical (unpaired) electrons. The zero-order valence-corrected chi connectivity index (χ0v) is 15.9. The summed E-state index contributed by atoms with van der Waals surface area (Å²) < 4.78 is 12.0. The number of ketones is 1.